The Morgan fingerprint density at radius 3 is 2.44 bits per heavy atom. The second-order valence-corrected chi connectivity index (χ2v) is 5.86. The molecule has 0 unspecified atom stereocenters. The maximum atomic E-state index is 12.0. The number of unbranched alkanes of at least 4 members (excludes halogenated alkanes) is 3. The largest absolute Gasteiger partial charge is 0.467 e. The van der Waals surface area contributed by atoms with Crippen LogP contribution >= 0.6 is 0 Å². The number of methoxy groups -OCH3 is 1. The summed E-state index contributed by atoms with van der Waals surface area (Å²) in [7, 11) is 2.88. The molecule has 0 aromatic rings. The summed E-state index contributed by atoms with van der Waals surface area (Å²) in [4.78, 5) is 52.4. The van der Waals surface area contributed by atoms with E-state index in [4.69, 9.17) is 4.84 Å². The summed E-state index contributed by atoms with van der Waals surface area (Å²) in [5.41, 5.74) is 0. The van der Waals surface area contributed by atoms with Crippen LogP contribution in [0.4, 0.5) is 0 Å². The van der Waals surface area contributed by atoms with Gasteiger partial charge in [0, 0.05) is 26.3 Å². The highest BCUT2D eigenvalue weighted by atomic mass is 16.7. The number of nitrogens with zero attached hydrogens (tertiary/aromatic N) is 2. The SMILES string of the molecule is COC(=O)[C@H](C)N(C)C(=O)CCCCCC=CON1C(=O)CCC1=O. The monoisotopic (exact) mass is 354 g/mol. The molecule has 8 nitrogen and oxygen atoms in total. The predicted octanol–water partition coefficient (Wildman–Crippen LogP) is 1.55. The second kappa shape index (κ2) is 10.5. The van der Waals surface area contributed by atoms with Crippen molar-refractivity contribution in [3.63, 3.8) is 0 Å². The number of carbonyl (C=O) groups excluding carboxylic acids is 4. The summed E-state index contributed by atoms with van der Waals surface area (Å²) >= 11 is 0. The molecule has 1 aliphatic rings. The number of imide groups is 1. The zero-order chi connectivity index (χ0) is 18.8. The fraction of sp³-hybridized carbons (Fsp3) is 0.647. The van der Waals surface area contributed by atoms with Gasteiger partial charge in [0.25, 0.3) is 11.8 Å². The van der Waals surface area contributed by atoms with E-state index in [1.54, 1.807) is 20.0 Å². The van der Waals surface area contributed by atoms with E-state index in [0.717, 1.165) is 30.7 Å². The first kappa shape index (κ1) is 20.7. The average molecular weight is 354 g/mol. The van der Waals surface area contributed by atoms with Gasteiger partial charge in [-0.3, -0.25) is 14.4 Å². The molecule has 1 aliphatic heterocycles. The summed E-state index contributed by atoms with van der Waals surface area (Å²) in [6, 6.07) is -0.589. The predicted molar refractivity (Wildman–Crippen MR) is 88.6 cm³/mol. The van der Waals surface area contributed by atoms with Gasteiger partial charge in [-0.25, -0.2) is 4.79 Å². The van der Waals surface area contributed by atoms with Gasteiger partial charge in [-0.2, -0.15) is 0 Å². The number of carbonyl (C=O) groups is 4. The molecule has 0 spiro atoms. The zero-order valence-electron chi connectivity index (χ0n) is 15.0. The molecule has 140 valence electrons. The molecule has 1 atom stereocenters. The van der Waals surface area contributed by atoms with E-state index >= 15 is 0 Å². The normalized spacial score (nSPS) is 15.6. The highest BCUT2D eigenvalue weighted by Crippen LogP contribution is 2.12. The lowest BCUT2D eigenvalue weighted by Gasteiger charge is -2.22. The molecular formula is C17H26N2O6. The van der Waals surface area contributed by atoms with Gasteiger partial charge in [0.1, 0.15) is 12.3 Å². The van der Waals surface area contributed by atoms with Crippen LogP contribution in [0.15, 0.2) is 12.3 Å². The number of rotatable bonds is 10. The Hall–Kier alpha value is -2.38. The molecule has 1 fully saturated rings. The van der Waals surface area contributed by atoms with Crippen LogP contribution in [0.1, 0.15) is 51.9 Å². The van der Waals surface area contributed by atoms with Crippen LogP contribution in [0.25, 0.3) is 0 Å². The third kappa shape index (κ3) is 6.56. The van der Waals surface area contributed by atoms with Crippen molar-refractivity contribution in [1.82, 2.24) is 9.96 Å². The van der Waals surface area contributed by atoms with E-state index in [-0.39, 0.29) is 30.6 Å². The molecule has 0 radical (unpaired) electrons. The lowest BCUT2D eigenvalue weighted by Crippen LogP contribution is -2.40. The molecule has 1 rings (SSSR count). The van der Waals surface area contributed by atoms with Crippen LogP contribution in [-0.4, -0.2) is 53.9 Å². The third-order valence-corrected chi connectivity index (χ3v) is 4.05. The fourth-order valence-electron chi connectivity index (χ4n) is 2.28. The Bertz CT molecular complexity index is 515. The van der Waals surface area contributed by atoms with Gasteiger partial charge in [-0.1, -0.05) is 6.42 Å². The van der Waals surface area contributed by atoms with Gasteiger partial charge in [0.2, 0.25) is 5.91 Å². The first-order valence-corrected chi connectivity index (χ1v) is 8.39. The number of esters is 1. The molecule has 3 amide bonds. The van der Waals surface area contributed by atoms with Crippen LogP contribution in [0.5, 0.6) is 0 Å². The second-order valence-electron chi connectivity index (χ2n) is 5.86. The lowest BCUT2D eigenvalue weighted by molar-refractivity contribution is -0.173. The van der Waals surface area contributed by atoms with E-state index in [1.807, 2.05) is 0 Å². The maximum Gasteiger partial charge on any atom is 0.328 e. The number of hydrogen-bond donors (Lipinski definition) is 0. The van der Waals surface area contributed by atoms with Crippen LogP contribution in [0, 0.1) is 0 Å². The number of hydrogen-bond acceptors (Lipinski definition) is 6. The number of likely N-dealkylation sites (N-methyl/N-ethyl adjacent to an activating group) is 1. The van der Waals surface area contributed by atoms with Gasteiger partial charge in [-0.15, -0.1) is 5.06 Å². The molecule has 0 saturated carbocycles. The van der Waals surface area contributed by atoms with Crippen molar-refractivity contribution in [1.29, 1.82) is 0 Å². The maximum absolute atomic E-state index is 12.0. The van der Waals surface area contributed by atoms with Crippen molar-refractivity contribution < 1.29 is 28.8 Å². The molecule has 1 heterocycles. The molecule has 0 aliphatic carbocycles. The van der Waals surface area contributed by atoms with Crippen LogP contribution in [0.3, 0.4) is 0 Å². The van der Waals surface area contributed by atoms with Crippen molar-refractivity contribution in [2.24, 2.45) is 0 Å². The summed E-state index contributed by atoms with van der Waals surface area (Å²) < 4.78 is 4.62. The first-order valence-electron chi connectivity index (χ1n) is 8.39. The lowest BCUT2D eigenvalue weighted by atomic mass is 10.1. The molecule has 25 heavy (non-hydrogen) atoms. The van der Waals surface area contributed by atoms with E-state index < -0.39 is 12.0 Å². The minimum absolute atomic E-state index is 0.0946. The summed E-state index contributed by atoms with van der Waals surface area (Å²) in [5, 5.41) is 0.785. The quantitative estimate of drug-likeness (QED) is 0.256. The molecule has 0 aromatic heterocycles. The molecule has 0 bridgehead atoms. The Kier molecular flexibility index (Phi) is 8.66. The minimum atomic E-state index is -0.589. The van der Waals surface area contributed by atoms with E-state index in [9.17, 15) is 19.2 Å². The van der Waals surface area contributed by atoms with Crippen molar-refractivity contribution in [3.8, 4) is 0 Å². The van der Waals surface area contributed by atoms with Crippen molar-refractivity contribution in [2.75, 3.05) is 14.2 Å². The Morgan fingerprint density at radius 2 is 1.84 bits per heavy atom. The molecular weight excluding hydrogens is 328 g/mol. The van der Waals surface area contributed by atoms with E-state index in [0.29, 0.717) is 6.42 Å². The van der Waals surface area contributed by atoms with Gasteiger partial charge in [0.15, 0.2) is 0 Å². The average Bonchev–Trinajstić information content (AvgIpc) is 2.93. The summed E-state index contributed by atoms with van der Waals surface area (Å²) in [6.45, 7) is 1.63. The Labute approximate surface area is 147 Å². The van der Waals surface area contributed by atoms with Gasteiger partial charge in [0.05, 0.1) is 7.11 Å². The number of ether oxygens (including phenoxy) is 1. The van der Waals surface area contributed by atoms with Crippen molar-refractivity contribution in [3.05, 3.63) is 12.3 Å². The highest BCUT2D eigenvalue weighted by molar-refractivity contribution is 6.00. The fourth-order valence-corrected chi connectivity index (χ4v) is 2.28. The van der Waals surface area contributed by atoms with Crippen molar-refractivity contribution in [2.45, 2.75) is 57.9 Å². The topological polar surface area (TPSA) is 93.2 Å². The first-order chi connectivity index (χ1) is 11.9. The molecule has 1 saturated heterocycles. The van der Waals surface area contributed by atoms with Gasteiger partial charge < -0.3 is 14.5 Å². The number of hydroxylamine groups is 2. The molecule has 0 N–H and O–H groups in total. The molecule has 8 heteroatoms. The Morgan fingerprint density at radius 1 is 1.20 bits per heavy atom. The van der Waals surface area contributed by atoms with Crippen molar-refractivity contribution >= 4 is 23.7 Å². The smallest absolute Gasteiger partial charge is 0.328 e. The standard InChI is InChI=1S/C17H26N2O6/c1-13(17(23)24-3)18(2)14(20)9-7-5-4-6-8-12-25-19-15(21)10-11-16(19)22/h8,12-13H,4-7,9-11H2,1-3H3/t13-/m0/s1. The zero-order valence-corrected chi connectivity index (χ0v) is 15.0. The van der Waals surface area contributed by atoms with Gasteiger partial charge in [-0.05, 0) is 32.3 Å². The van der Waals surface area contributed by atoms with Crippen LogP contribution in [0.2, 0.25) is 0 Å². The van der Waals surface area contributed by atoms with Gasteiger partial charge >= 0.3 is 5.97 Å². The minimum Gasteiger partial charge on any atom is -0.467 e. The third-order valence-electron chi connectivity index (χ3n) is 4.05. The van der Waals surface area contributed by atoms with E-state index in [2.05, 4.69) is 4.74 Å². The van der Waals surface area contributed by atoms with E-state index in [1.165, 1.54) is 18.3 Å². The van der Waals surface area contributed by atoms with Crippen LogP contribution < -0.4 is 0 Å². The Balaban J connectivity index is 2.12. The summed E-state index contributed by atoms with van der Waals surface area (Å²) in [6.07, 6.45) is 6.99. The number of amides is 3. The van der Waals surface area contributed by atoms with Crippen LogP contribution in [-0.2, 0) is 28.8 Å². The summed E-state index contributed by atoms with van der Waals surface area (Å²) in [5.74, 6) is -1.17. The number of allylic oxidation sites excluding steroid dienone is 1. The highest BCUT2D eigenvalue weighted by Gasteiger charge is 2.30. The molecule has 0 aromatic carbocycles.